The van der Waals surface area contributed by atoms with E-state index in [0.717, 1.165) is 49.8 Å². The van der Waals surface area contributed by atoms with Crippen molar-refractivity contribution in [1.29, 1.82) is 0 Å². The largest absolute Gasteiger partial charge is 0.455 e. The van der Waals surface area contributed by atoms with Crippen molar-refractivity contribution in [3.63, 3.8) is 0 Å². The van der Waals surface area contributed by atoms with Crippen molar-refractivity contribution in [2.45, 2.75) is 5.41 Å². The lowest BCUT2D eigenvalue weighted by Crippen LogP contribution is -2.28. The highest BCUT2D eigenvalue weighted by atomic mass is 16.3. The van der Waals surface area contributed by atoms with Gasteiger partial charge in [-0.3, -0.25) is 0 Å². The summed E-state index contributed by atoms with van der Waals surface area (Å²) >= 11 is 0. The van der Waals surface area contributed by atoms with E-state index in [-0.39, 0.29) is 0 Å². The summed E-state index contributed by atoms with van der Waals surface area (Å²) in [5, 5.41) is 9.46. The summed E-state index contributed by atoms with van der Waals surface area (Å²) in [5.41, 5.74) is 14.3. The first-order chi connectivity index (χ1) is 31.3. The van der Waals surface area contributed by atoms with Gasteiger partial charge < -0.3 is 9.32 Å². The van der Waals surface area contributed by atoms with E-state index in [1.54, 1.807) is 0 Å². The lowest BCUT2D eigenvalue weighted by Gasteiger charge is -2.34. The van der Waals surface area contributed by atoms with Crippen LogP contribution in [0.15, 0.2) is 241 Å². The monoisotopic (exact) mass is 801 g/mol. The molecule has 2 heteroatoms. The molecule has 1 aromatic heterocycles. The molecule has 63 heavy (non-hydrogen) atoms. The zero-order chi connectivity index (χ0) is 41.5. The molecular weight excluding hydrogens is 763 g/mol. The zero-order valence-electron chi connectivity index (χ0n) is 34.4. The summed E-state index contributed by atoms with van der Waals surface area (Å²) in [7, 11) is 0. The van der Waals surface area contributed by atoms with E-state index in [2.05, 4.69) is 241 Å². The smallest absolute Gasteiger partial charge is 0.145 e. The Labute approximate surface area is 365 Å². The number of rotatable bonds is 6. The Morgan fingerprint density at radius 1 is 0.365 bits per heavy atom. The number of para-hydroxylation sites is 1. The van der Waals surface area contributed by atoms with Crippen molar-refractivity contribution in [3.8, 4) is 22.3 Å². The van der Waals surface area contributed by atoms with Crippen molar-refractivity contribution < 1.29 is 4.42 Å². The molecule has 294 valence electrons. The number of furan rings is 1. The minimum absolute atomic E-state index is 0.539. The predicted molar refractivity (Wildman–Crippen MR) is 264 cm³/mol. The lowest BCUT2D eigenvalue weighted by atomic mass is 9.68. The molecule has 0 saturated heterocycles. The van der Waals surface area contributed by atoms with Crippen LogP contribution in [0, 0.1) is 0 Å². The third-order valence-electron chi connectivity index (χ3n) is 13.5. The van der Waals surface area contributed by atoms with E-state index in [1.165, 1.54) is 66.1 Å². The number of benzene rings is 11. The highest BCUT2D eigenvalue weighted by Gasteiger charge is 2.47. The summed E-state index contributed by atoms with van der Waals surface area (Å²) < 4.78 is 6.84. The quantitative estimate of drug-likeness (QED) is 0.156. The number of hydrogen-bond acceptors (Lipinski definition) is 2. The van der Waals surface area contributed by atoms with Gasteiger partial charge in [0.05, 0.1) is 22.2 Å². The molecule has 1 aliphatic rings. The van der Waals surface area contributed by atoms with E-state index in [9.17, 15) is 0 Å². The second-order valence-corrected chi connectivity index (χ2v) is 16.8. The van der Waals surface area contributed by atoms with Gasteiger partial charge >= 0.3 is 0 Å². The van der Waals surface area contributed by atoms with Gasteiger partial charge in [-0.2, -0.15) is 0 Å². The van der Waals surface area contributed by atoms with Gasteiger partial charge in [0.25, 0.3) is 0 Å². The minimum atomic E-state index is -0.539. The van der Waals surface area contributed by atoms with Crippen LogP contribution in [0.25, 0.3) is 76.5 Å². The van der Waals surface area contributed by atoms with Crippen LogP contribution in [0.4, 0.5) is 17.1 Å². The van der Waals surface area contributed by atoms with E-state index in [4.69, 9.17) is 4.42 Å². The van der Waals surface area contributed by atoms with E-state index < -0.39 is 5.41 Å². The maximum atomic E-state index is 6.84. The van der Waals surface area contributed by atoms with Crippen molar-refractivity contribution >= 4 is 71.3 Å². The van der Waals surface area contributed by atoms with Crippen LogP contribution in [0.1, 0.15) is 22.3 Å². The Morgan fingerprint density at radius 2 is 0.952 bits per heavy atom. The third-order valence-corrected chi connectivity index (χ3v) is 13.5. The number of fused-ring (bicyclic) bond motifs is 11. The van der Waals surface area contributed by atoms with Crippen LogP contribution >= 0.6 is 0 Å². The Hall–Kier alpha value is -8.20. The second kappa shape index (κ2) is 13.9. The molecule has 0 fully saturated rings. The standard InChI is InChI=1S/C61H39NO/c1-3-18-45(19-4-1)61(46-20-5-2-6-21-46)53-26-13-11-24-51(53)58-54(61)27-15-28-55(58)62(56-39-43-17-8-10-23-50(43)60-59(56)52-25-12-14-29-57(52)63-60)47-35-32-40(33-36-47)42-34-37-49-44(38-42)31-30-41-16-7-9-22-48(41)49/h1-39H. The number of anilines is 3. The van der Waals surface area contributed by atoms with Crippen LogP contribution in [0.3, 0.4) is 0 Å². The molecule has 0 atom stereocenters. The summed E-state index contributed by atoms with van der Waals surface area (Å²) in [6.07, 6.45) is 0. The van der Waals surface area contributed by atoms with Crippen LogP contribution in [0.2, 0.25) is 0 Å². The van der Waals surface area contributed by atoms with Crippen molar-refractivity contribution in [2.75, 3.05) is 4.90 Å². The third kappa shape index (κ3) is 5.25. The Bertz CT molecular complexity index is 3690. The molecule has 0 aliphatic heterocycles. The molecule has 2 nitrogen and oxygen atoms in total. The molecule has 1 aliphatic carbocycles. The van der Waals surface area contributed by atoms with Gasteiger partial charge in [-0.15, -0.1) is 0 Å². The fraction of sp³-hybridized carbons (Fsp3) is 0.0164. The van der Waals surface area contributed by atoms with Gasteiger partial charge in [0, 0.05) is 22.0 Å². The summed E-state index contributed by atoms with van der Waals surface area (Å²) in [6, 6.07) is 86.6. The minimum Gasteiger partial charge on any atom is -0.455 e. The molecule has 0 N–H and O–H groups in total. The molecule has 0 radical (unpaired) electrons. The van der Waals surface area contributed by atoms with Crippen LogP contribution in [-0.4, -0.2) is 0 Å². The molecule has 0 amide bonds. The molecule has 1 heterocycles. The summed E-state index contributed by atoms with van der Waals surface area (Å²) in [6.45, 7) is 0. The molecule has 12 aromatic rings. The summed E-state index contributed by atoms with van der Waals surface area (Å²) in [5.74, 6) is 0. The lowest BCUT2D eigenvalue weighted by molar-refractivity contribution is 0.672. The topological polar surface area (TPSA) is 16.4 Å². The number of nitrogens with zero attached hydrogens (tertiary/aromatic N) is 1. The Kier molecular flexibility index (Phi) is 7.85. The van der Waals surface area contributed by atoms with E-state index in [0.29, 0.717) is 0 Å². The van der Waals surface area contributed by atoms with Crippen molar-refractivity contribution in [2.24, 2.45) is 0 Å². The summed E-state index contributed by atoms with van der Waals surface area (Å²) in [4.78, 5) is 2.49. The molecule has 0 bridgehead atoms. The number of hydrogen-bond donors (Lipinski definition) is 0. The SMILES string of the molecule is c1ccc(C2(c3ccccc3)c3ccccc3-c3c(N(c4ccc(-c5ccc6c(ccc7ccccc76)c5)cc4)c4cc5ccccc5c5oc6ccccc6c45)cccc32)cc1. The normalized spacial score (nSPS) is 12.9. The predicted octanol–water partition coefficient (Wildman–Crippen LogP) is 16.5. The molecule has 0 spiro atoms. The average molecular weight is 802 g/mol. The molecular formula is C61H39NO. The molecule has 11 aromatic carbocycles. The van der Waals surface area contributed by atoms with Gasteiger partial charge in [-0.25, -0.2) is 0 Å². The highest BCUT2D eigenvalue weighted by molar-refractivity contribution is 6.22. The van der Waals surface area contributed by atoms with E-state index >= 15 is 0 Å². The fourth-order valence-electron chi connectivity index (χ4n) is 10.8. The van der Waals surface area contributed by atoms with Gasteiger partial charge in [-0.1, -0.05) is 200 Å². The van der Waals surface area contributed by atoms with Crippen LogP contribution in [-0.2, 0) is 5.41 Å². The van der Waals surface area contributed by atoms with Gasteiger partial charge in [0.15, 0.2) is 0 Å². The first-order valence-electron chi connectivity index (χ1n) is 21.8. The Morgan fingerprint density at radius 3 is 1.75 bits per heavy atom. The molecule has 0 saturated carbocycles. The zero-order valence-corrected chi connectivity index (χ0v) is 34.4. The first kappa shape index (κ1) is 35.5. The van der Waals surface area contributed by atoms with Crippen LogP contribution < -0.4 is 4.90 Å². The second-order valence-electron chi connectivity index (χ2n) is 16.8. The van der Waals surface area contributed by atoms with Crippen molar-refractivity contribution in [3.05, 3.63) is 259 Å². The molecule has 13 rings (SSSR count). The van der Waals surface area contributed by atoms with Crippen molar-refractivity contribution in [1.82, 2.24) is 0 Å². The first-order valence-corrected chi connectivity index (χ1v) is 21.8. The van der Waals surface area contributed by atoms with Gasteiger partial charge in [0.2, 0.25) is 0 Å². The maximum absolute atomic E-state index is 6.84. The average Bonchev–Trinajstić information content (AvgIpc) is 3.90. The highest BCUT2D eigenvalue weighted by Crippen LogP contribution is 2.60. The fourth-order valence-corrected chi connectivity index (χ4v) is 10.8. The van der Waals surface area contributed by atoms with Crippen LogP contribution in [0.5, 0.6) is 0 Å². The Balaban J connectivity index is 1.09. The molecule has 0 unspecified atom stereocenters. The van der Waals surface area contributed by atoms with Gasteiger partial charge in [0.1, 0.15) is 11.2 Å². The van der Waals surface area contributed by atoms with E-state index in [1.807, 2.05) is 0 Å². The maximum Gasteiger partial charge on any atom is 0.145 e. The van der Waals surface area contributed by atoms with Gasteiger partial charge in [-0.05, 0) is 102 Å².